The van der Waals surface area contributed by atoms with E-state index in [1.807, 2.05) is 37.3 Å². The molecule has 1 aliphatic carbocycles. The molecular formula is C28H20INO5. The van der Waals surface area contributed by atoms with Gasteiger partial charge in [-0.1, -0.05) is 67.6 Å². The van der Waals surface area contributed by atoms with E-state index in [0.29, 0.717) is 11.3 Å². The number of benzene rings is 3. The number of carbonyl (C=O) groups is 4. The number of Topliss-reactive ketones (excluding diaryl/α,β-unsaturated/α-hetero) is 2. The minimum Gasteiger partial charge on any atom is -0.349 e. The monoisotopic (exact) mass is 577 g/mol. The quantitative estimate of drug-likeness (QED) is 0.259. The number of imide groups is 1. The summed E-state index contributed by atoms with van der Waals surface area (Å²) in [6.45, 7) is 2.04. The van der Waals surface area contributed by atoms with Crippen LogP contribution in [0.1, 0.15) is 44.9 Å². The highest BCUT2D eigenvalue weighted by molar-refractivity contribution is 14.1. The fourth-order valence-corrected chi connectivity index (χ4v) is 6.26. The Bertz CT molecular complexity index is 1390. The molecule has 0 unspecified atom stereocenters. The third-order valence-electron chi connectivity index (χ3n) is 7.33. The van der Waals surface area contributed by atoms with E-state index in [1.54, 1.807) is 42.5 Å². The molecule has 2 heterocycles. The van der Waals surface area contributed by atoms with Gasteiger partial charge in [-0.2, -0.15) is 0 Å². The van der Waals surface area contributed by atoms with E-state index in [-0.39, 0.29) is 11.1 Å². The van der Waals surface area contributed by atoms with Crippen LogP contribution in [0, 0.1) is 15.4 Å². The smallest absolute Gasteiger partial charge is 0.241 e. The molecule has 2 amide bonds. The lowest BCUT2D eigenvalue weighted by molar-refractivity contribution is -0.127. The van der Waals surface area contributed by atoms with E-state index in [4.69, 9.17) is 4.74 Å². The minimum atomic E-state index is -2.05. The molecule has 0 bridgehead atoms. The third kappa shape index (κ3) is 2.91. The van der Waals surface area contributed by atoms with Gasteiger partial charge in [0.25, 0.3) is 0 Å². The SMILES string of the molecule is CCc1ccc([C@@H]2OC3(C(=O)c4ccccc4C3=O)[C@@H]3C(=O)N(c4ccccc4I)C(=O)[C@H]32)cc1. The lowest BCUT2D eigenvalue weighted by Gasteiger charge is -2.27. The Labute approximate surface area is 215 Å². The lowest BCUT2D eigenvalue weighted by atomic mass is 9.77. The Balaban J connectivity index is 1.54. The number of carbonyl (C=O) groups excluding carboxylic acids is 4. The van der Waals surface area contributed by atoms with Crippen LogP contribution in [0.5, 0.6) is 0 Å². The van der Waals surface area contributed by atoms with Crippen molar-refractivity contribution in [2.24, 2.45) is 11.8 Å². The van der Waals surface area contributed by atoms with Crippen LogP contribution in [0.25, 0.3) is 0 Å². The number of rotatable bonds is 3. The predicted octanol–water partition coefficient (Wildman–Crippen LogP) is 4.55. The molecule has 0 N–H and O–H groups in total. The lowest BCUT2D eigenvalue weighted by Crippen LogP contribution is -2.51. The van der Waals surface area contributed by atoms with Gasteiger partial charge in [-0.15, -0.1) is 0 Å². The van der Waals surface area contributed by atoms with Crippen LogP contribution in [-0.2, 0) is 20.7 Å². The molecule has 3 aromatic rings. The van der Waals surface area contributed by atoms with Gasteiger partial charge in [-0.3, -0.25) is 19.2 Å². The number of aryl methyl sites for hydroxylation is 1. The second kappa shape index (κ2) is 7.93. The molecule has 6 nitrogen and oxygen atoms in total. The highest BCUT2D eigenvalue weighted by Gasteiger charge is 2.74. The first-order valence-corrected chi connectivity index (χ1v) is 12.6. The molecule has 0 aromatic heterocycles. The van der Waals surface area contributed by atoms with Crippen LogP contribution in [0.15, 0.2) is 72.8 Å². The number of ether oxygens (including phenoxy) is 1. The van der Waals surface area contributed by atoms with Gasteiger partial charge in [0, 0.05) is 14.7 Å². The van der Waals surface area contributed by atoms with Crippen molar-refractivity contribution in [1.82, 2.24) is 0 Å². The summed E-state index contributed by atoms with van der Waals surface area (Å²) < 4.78 is 7.05. The van der Waals surface area contributed by atoms with E-state index in [9.17, 15) is 19.2 Å². The molecule has 6 rings (SSSR count). The molecule has 3 aliphatic rings. The van der Waals surface area contributed by atoms with Crippen molar-refractivity contribution in [2.45, 2.75) is 25.0 Å². The topological polar surface area (TPSA) is 80.8 Å². The molecule has 1 spiro atoms. The number of anilines is 1. The Morgan fingerprint density at radius 2 is 1.43 bits per heavy atom. The number of halogens is 1. The number of hydrogen-bond donors (Lipinski definition) is 0. The summed E-state index contributed by atoms with van der Waals surface area (Å²) in [4.78, 5) is 56.5. The second-order valence-electron chi connectivity index (χ2n) is 9.04. The van der Waals surface area contributed by atoms with Crippen LogP contribution in [-0.4, -0.2) is 29.0 Å². The van der Waals surface area contributed by atoms with Crippen LogP contribution < -0.4 is 4.90 Å². The van der Waals surface area contributed by atoms with Crippen molar-refractivity contribution in [3.63, 3.8) is 0 Å². The minimum absolute atomic E-state index is 0.228. The molecule has 3 atom stereocenters. The van der Waals surface area contributed by atoms with E-state index in [1.165, 1.54) is 0 Å². The predicted molar refractivity (Wildman–Crippen MR) is 136 cm³/mol. The van der Waals surface area contributed by atoms with Gasteiger partial charge in [0.15, 0.2) is 0 Å². The molecule has 2 fully saturated rings. The molecule has 0 saturated carbocycles. The van der Waals surface area contributed by atoms with Gasteiger partial charge in [-0.05, 0) is 52.3 Å². The standard InChI is InChI=1S/C28H20INO5/c1-2-15-11-13-16(14-12-15)23-21-22(27(34)30(26(21)33)20-10-6-5-9-19(20)29)28(35-23)24(31)17-7-3-4-8-18(17)25(28)32/h3-14,21-23H,2H2,1H3/t21-,22+,23+/m1/s1. The first kappa shape index (κ1) is 22.3. The molecule has 3 aromatic carbocycles. The number of hydrogen-bond acceptors (Lipinski definition) is 5. The van der Waals surface area contributed by atoms with Crippen molar-refractivity contribution in [3.8, 4) is 0 Å². The fourth-order valence-electron chi connectivity index (χ4n) is 5.63. The maximum absolute atomic E-state index is 13.9. The molecule has 35 heavy (non-hydrogen) atoms. The van der Waals surface area contributed by atoms with Crippen molar-refractivity contribution < 1.29 is 23.9 Å². The molecule has 2 aliphatic heterocycles. The van der Waals surface area contributed by atoms with Crippen molar-refractivity contribution in [2.75, 3.05) is 4.90 Å². The normalized spacial score (nSPS) is 24.4. The number of ketones is 2. The summed E-state index contributed by atoms with van der Waals surface area (Å²) in [7, 11) is 0. The zero-order chi connectivity index (χ0) is 24.5. The van der Waals surface area contributed by atoms with Crippen LogP contribution >= 0.6 is 22.6 Å². The average molecular weight is 577 g/mol. The van der Waals surface area contributed by atoms with Crippen molar-refractivity contribution >= 4 is 51.7 Å². The molecule has 2 saturated heterocycles. The zero-order valence-electron chi connectivity index (χ0n) is 18.7. The first-order chi connectivity index (χ1) is 16.9. The Kier molecular flexibility index (Phi) is 5.05. The fraction of sp³-hybridized carbons (Fsp3) is 0.214. The zero-order valence-corrected chi connectivity index (χ0v) is 20.9. The van der Waals surface area contributed by atoms with E-state index >= 15 is 0 Å². The summed E-state index contributed by atoms with van der Waals surface area (Å²) in [5, 5.41) is 0. The van der Waals surface area contributed by atoms with Gasteiger partial charge in [-0.25, -0.2) is 4.90 Å². The Morgan fingerprint density at radius 1 is 0.829 bits per heavy atom. The summed E-state index contributed by atoms with van der Waals surface area (Å²) in [5.74, 6) is -4.37. The molecular weight excluding hydrogens is 557 g/mol. The molecule has 0 radical (unpaired) electrons. The van der Waals surface area contributed by atoms with E-state index < -0.39 is 46.9 Å². The molecule has 7 heteroatoms. The Morgan fingerprint density at radius 3 is 2.03 bits per heavy atom. The van der Waals surface area contributed by atoms with Gasteiger partial charge in [0.2, 0.25) is 29.0 Å². The van der Waals surface area contributed by atoms with E-state index in [0.717, 1.165) is 20.5 Å². The van der Waals surface area contributed by atoms with Gasteiger partial charge in [0.05, 0.1) is 23.6 Å². The van der Waals surface area contributed by atoms with Gasteiger partial charge in [0.1, 0.15) is 0 Å². The maximum atomic E-state index is 13.9. The summed E-state index contributed by atoms with van der Waals surface area (Å²) >= 11 is 2.08. The second-order valence-corrected chi connectivity index (χ2v) is 10.2. The average Bonchev–Trinajstić information content (AvgIpc) is 3.45. The number of para-hydroxylation sites is 1. The highest BCUT2D eigenvalue weighted by atomic mass is 127. The van der Waals surface area contributed by atoms with E-state index in [2.05, 4.69) is 22.6 Å². The first-order valence-electron chi connectivity index (χ1n) is 11.5. The largest absolute Gasteiger partial charge is 0.349 e. The highest BCUT2D eigenvalue weighted by Crippen LogP contribution is 2.57. The summed E-state index contributed by atoms with van der Waals surface area (Å²) in [6, 6.07) is 21.2. The Hall–Kier alpha value is -3.17. The number of nitrogens with zero attached hydrogens (tertiary/aromatic N) is 1. The van der Waals surface area contributed by atoms with Crippen molar-refractivity contribution in [3.05, 3.63) is 98.6 Å². The summed E-state index contributed by atoms with van der Waals surface area (Å²) in [5.41, 5.74) is 0.620. The number of fused-ring (bicyclic) bond motifs is 3. The summed E-state index contributed by atoms with van der Waals surface area (Å²) in [6.07, 6.45) is -0.0675. The van der Waals surface area contributed by atoms with Crippen LogP contribution in [0.2, 0.25) is 0 Å². The molecule has 174 valence electrons. The maximum Gasteiger partial charge on any atom is 0.241 e. The van der Waals surface area contributed by atoms with Gasteiger partial charge >= 0.3 is 0 Å². The van der Waals surface area contributed by atoms with Crippen molar-refractivity contribution in [1.29, 1.82) is 0 Å². The van der Waals surface area contributed by atoms with Gasteiger partial charge < -0.3 is 4.74 Å². The van der Waals surface area contributed by atoms with Crippen LogP contribution in [0.4, 0.5) is 5.69 Å². The number of amides is 2. The third-order valence-corrected chi connectivity index (χ3v) is 8.24. The van der Waals surface area contributed by atoms with Crippen LogP contribution in [0.3, 0.4) is 0 Å².